The number of hydrogen-bond donors (Lipinski definition) is 2. The molecule has 13 heavy (non-hydrogen) atoms. The molecule has 0 rings (SSSR count). The summed E-state index contributed by atoms with van der Waals surface area (Å²) in [6, 6.07) is 0. The van der Waals surface area contributed by atoms with Crippen LogP contribution in [0.25, 0.3) is 0 Å². The molecule has 78 valence electrons. The fraction of sp³-hybridized carbons (Fsp3) is 0.833. The third-order valence-electron chi connectivity index (χ3n) is 2.18. The second-order valence-electron chi connectivity index (χ2n) is 2.65. The minimum Gasteiger partial charge on any atom is -0.324 e. The summed E-state index contributed by atoms with van der Waals surface area (Å²) in [4.78, 5) is 31.5. The van der Waals surface area contributed by atoms with Gasteiger partial charge in [0.15, 0.2) is 5.16 Å². The molecule has 7 heteroatoms. The first-order valence-electron chi connectivity index (χ1n) is 3.74. The van der Waals surface area contributed by atoms with Crippen LogP contribution in [0.1, 0.15) is 26.7 Å². The van der Waals surface area contributed by atoms with Crippen LogP contribution >= 0.6 is 7.60 Å². The number of rotatable bonds is 4. The first-order valence-corrected chi connectivity index (χ1v) is 5.35. The molecule has 0 saturated heterocycles. The summed E-state index contributed by atoms with van der Waals surface area (Å²) < 4.78 is 22.5. The maximum Gasteiger partial charge on any atom is 0.366 e. The van der Waals surface area contributed by atoms with Crippen molar-refractivity contribution in [3.63, 3.8) is 0 Å². The Bertz CT molecular complexity index is 231. The summed E-state index contributed by atoms with van der Waals surface area (Å²) in [5, 5.41) is -2.04. The fourth-order valence-electron chi connectivity index (χ4n) is 1.14. The molecule has 2 N–H and O–H groups in total. The molecule has 0 aromatic rings. The summed E-state index contributed by atoms with van der Waals surface area (Å²) in [7, 11) is -4.69. The van der Waals surface area contributed by atoms with Crippen molar-refractivity contribution >= 4 is 13.6 Å². The van der Waals surface area contributed by atoms with Gasteiger partial charge in [-0.3, -0.25) is 9.51 Å². The van der Waals surface area contributed by atoms with Gasteiger partial charge in [0.05, 0.1) is 0 Å². The molecule has 0 aliphatic heterocycles. The van der Waals surface area contributed by atoms with Gasteiger partial charge in [0.1, 0.15) is 0 Å². The van der Waals surface area contributed by atoms with Gasteiger partial charge in [-0.15, -0.1) is 0 Å². The Morgan fingerprint density at radius 3 is 1.92 bits per heavy atom. The van der Waals surface area contributed by atoms with Crippen LogP contribution in [0.2, 0.25) is 0 Å². The van der Waals surface area contributed by atoms with Gasteiger partial charge < -0.3 is 9.79 Å². The molecule has 0 unspecified atom stereocenters. The molecular formula is C6H12FO5P. The van der Waals surface area contributed by atoms with Crippen LogP contribution in [0, 0.1) is 0 Å². The van der Waals surface area contributed by atoms with Crippen molar-refractivity contribution in [1.29, 1.82) is 0 Å². The van der Waals surface area contributed by atoms with Crippen LogP contribution in [0.5, 0.6) is 0 Å². The predicted octanol–water partition coefficient (Wildman–Crippen LogP) is 1.15. The van der Waals surface area contributed by atoms with Crippen molar-refractivity contribution in [2.45, 2.75) is 31.8 Å². The molecule has 0 atom stereocenters. The molecule has 0 aromatic heterocycles. The van der Waals surface area contributed by atoms with Gasteiger partial charge in [0.25, 0.3) is 0 Å². The quantitative estimate of drug-likeness (QED) is 0.685. The SMILES string of the molecule is CCC(CC)(C(=O)OF)P(=O)(O)O. The van der Waals surface area contributed by atoms with E-state index in [0.717, 1.165) is 0 Å². The lowest BCUT2D eigenvalue weighted by atomic mass is 10.0. The minimum absolute atomic E-state index is 0.170. The lowest BCUT2D eigenvalue weighted by Gasteiger charge is -2.27. The second-order valence-corrected chi connectivity index (χ2v) is 4.59. The first-order chi connectivity index (χ1) is 5.85. The highest BCUT2D eigenvalue weighted by atomic mass is 31.2. The molecule has 0 aliphatic rings. The van der Waals surface area contributed by atoms with E-state index < -0.39 is 18.7 Å². The van der Waals surface area contributed by atoms with Crippen LogP contribution in [-0.4, -0.2) is 20.9 Å². The third kappa shape index (κ3) is 2.07. The number of carbonyl (C=O) groups excluding carboxylic acids is 1. The van der Waals surface area contributed by atoms with Gasteiger partial charge in [-0.1, -0.05) is 13.8 Å². The van der Waals surface area contributed by atoms with Gasteiger partial charge in [0.2, 0.25) is 0 Å². The minimum atomic E-state index is -4.69. The largest absolute Gasteiger partial charge is 0.366 e. The van der Waals surface area contributed by atoms with Crippen molar-refractivity contribution in [2.24, 2.45) is 0 Å². The third-order valence-corrected chi connectivity index (χ3v) is 4.11. The highest BCUT2D eigenvalue weighted by Gasteiger charge is 2.52. The highest BCUT2D eigenvalue weighted by molar-refractivity contribution is 7.54. The number of carbonyl (C=O) groups is 1. The normalized spacial score (nSPS) is 12.7. The average molecular weight is 214 g/mol. The molecule has 0 radical (unpaired) electrons. The Kier molecular flexibility index (Phi) is 4.03. The molecular weight excluding hydrogens is 202 g/mol. The van der Waals surface area contributed by atoms with Crippen molar-refractivity contribution < 1.29 is 28.6 Å². The van der Waals surface area contributed by atoms with Gasteiger partial charge in [-0.05, 0) is 12.8 Å². The predicted molar refractivity (Wildman–Crippen MR) is 42.6 cm³/mol. The second kappa shape index (κ2) is 4.17. The molecule has 0 fully saturated rings. The van der Waals surface area contributed by atoms with Crippen LogP contribution in [0.3, 0.4) is 0 Å². The highest BCUT2D eigenvalue weighted by Crippen LogP contribution is 2.55. The number of halogens is 1. The molecule has 0 amide bonds. The van der Waals surface area contributed by atoms with Crippen LogP contribution < -0.4 is 0 Å². The van der Waals surface area contributed by atoms with E-state index in [4.69, 9.17) is 9.79 Å². The van der Waals surface area contributed by atoms with E-state index >= 15 is 0 Å². The van der Waals surface area contributed by atoms with E-state index in [1.807, 2.05) is 0 Å². The maximum atomic E-state index is 11.6. The number of hydrogen-bond acceptors (Lipinski definition) is 3. The lowest BCUT2D eigenvalue weighted by molar-refractivity contribution is -0.188. The lowest BCUT2D eigenvalue weighted by Crippen LogP contribution is -2.37. The molecule has 0 spiro atoms. The molecule has 0 bridgehead atoms. The van der Waals surface area contributed by atoms with Crippen molar-refractivity contribution in [1.82, 2.24) is 0 Å². The van der Waals surface area contributed by atoms with E-state index in [-0.39, 0.29) is 12.8 Å². The summed E-state index contributed by atoms with van der Waals surface area (Å²) in [5.41, 5.74) is 0. The zero-order valence-corrected chi connectivity index (χ0v) is 8.25. The zero-order valence-electron chi connectivity index (χ0n) is 7.36. The van der Waals surface area contributed by atoms with Crippen molar-refractivity contribution in [3.8, 4) is 0 Å². The maximum absolute atomic E-state index is 11.6. The Morgan fingerprint density at radius 1 is 1.46 bits per heavy atom. The van der Waals surface area contributed by atoms with Crippen molar-refractivity contribution in [3.05, 3.63) is 0 Å². The van der Waals surface area contributed by atoms with Crippen LogP contribution in [-0.2, 0) is 14.3 Å². The Labute approximate surface area is 75.0 Å². The molecule has 0 heterocycles. The monoisotopic (exact) mass is 214 g/mol. The zero-order chi connectivity index (χ0) is 10.7. The molecule has 0 aliphatic carbocycles. The Hall–Kier alpha value is -0.450. The van der Waals surface area contributed by atoms with Crippen LogP contribution in [0.4, 0.5) is 4.53 Å². The van der Waals surface area contributed by atoms with E-state index in [9.17, 15) is 13.9 Å². The summed E-state index contributed by atoms with van der Waals surface area (Å²) in [6.45, 7) is 2.78. The van der Waals surface area contributed by atoms with Crippen molar-refractivity contribution in [2.75, 3.05) is 0 Å². The van der Waals surface area contributed by atoms with Gasteiger partial charge >= 0.3 is 13.6 Å². The molecule has 0 aromatic carbocycles. The van der Waals surface area contributed by atoms with E-state index in [1.54, 1.807) is 0 Å². The summed E-state index contributed by atoms with van der Waals surface area (Å²) in [5.74, 6) is -1.51. The van der Waals surface area contributed by atoms with E-state index in [0.29, 0.717) is 0 Å². The standard InChI is InChI=1S/C6H12FO5P/c1-3-6(4-2,5(8)12-7)13(9,10)11/h3-4H2,1-2H3,(H2,9,10,11). The Morgan fingerprint density at radius 2 is 1.85 bits per heavy atom. The first kappa shape index (κ1) is 12.6. The van der Waals surface area contributed by atoms with Gasteiger partial charge in [0, 0.05) is 4.53 Å². The fourth-order valence-corrected chi connectivity index (χ4v) is 2.24. The van der Waals surface area contributed by atoms with E-state index in [2.05, 4.69) is 4.94 Å². The molecule has 0 saturated carbocycles. The topological polar surface area (TPSA) is 83.8 Å². The summed E-state index contributed by atoms with van der Waals surface area (Å²) in [6.07, 6.45) is -0.340. The van der Waals surface area contributed by atoms with E-state index in [1.165, 1.54) is 13.8 Å². The Balaban J connectivity index is 5.16. The van der Waals surface area contributed by atoms with Gasteiger partial charge in [-0.25, -0.2) is 4.79 Å². The molecule has 5 nitrogen and oxygen atoms in total. The smallest absolute Gasteiger partial charge is 0.324 e. The van der Waals surface area contributed by atoms with Gasteiger partial charge in [-0.2, -0.15) is 0 Å². The summed E-state index contributed by atoms with van der Waals surface area (Å²) >= 11 is 0. The van der Waals surface area contributed by atoms with Crippen LogP contribution in [0.15, 0.2) is 0 Å². The average Bonchev–Trinajstić information content (AvgIpc) is 2.04.